The van der Waals surface area contributed by atoms with Crippen molar-refractivity contribution < 1.29 is 17.9 Å². The standard InChI is InChI=1S/C15H21ClF3NO/c1-3-8-20-11(2)13-6-5-12(10-14(13)16)21-9-4-7-15(17,18)19/h5-6,10-11,20H,3-4,7-9H2,1-2H3. The number of ether oxygens (including phenoxy) is 1. The lowest BCUT2D eigenvalue weighted by molar-refractivity contribution is -0.136. The second kappa shape index (κ2) is 8.49. The molecular formula is C15H21ClF3NO. The topological polar surface area (TPSA) is 21.3 Å². The molecule has 0 aromatic heterocycles. The van der Waals surface area contributed by atoms with Gasteiger partial charge < -0.3 is 10.1 Å². The molecular weight excluding hydrogens is 303 g/mol. The normalized spacial score (nSPS) is 13.2. The van der Waals surface area contributed by atoms with Gasteiger partial charge in [0.05, 0.1) is 6.61 Å². The first kappa shape index (κ1) is 18.1. The highest BCUT2D eigenvalue weighted by atomic mass is 35.5. The molecule has 1 aromatic rings. The summed E-state index contributed by atoms with van der Waals surface area (Å²) in [5.41, 5.74) is 0.952. The Balaban J connectivity index is 2.50. The Kier molecular flexibility index (Phi) is 7.32. The Hall–Kier alpha value is -0.940. The molecule has 120 valence electrons. The molecule has 6 heteroatoms. The molecule has 0 spiro atoms. The fourth-order valence-corrected chi connectivity index (χ4v) is 2.22. The number of rotatable bonds is 8. The van der Waals surface area contributed by atoms with Crippen molar-refractivity contribution >= 4 is 11.6 Å². The number of nitrogens with one attached hydrogen (secondary N) is 1. The third-order valence-electron chi connectivity index (χ3n) is 3.01. The molecule has 2 nitrogen and oxygen atoms in total. The summed E-state index contributed by atoms with van der Waals surface area (Å²) in [7, 11) is 0. The predicted octanol–water partition coefficient (Wildman–Crippen LogP) is 5.12. The molecule has 0 aliphatic rings. The van der Waals surface area contributed by atoms with E-state index >= 15 is 0 Å². The second-order valence-electron chi connectivity index (χ2n) is 4.93. The van der Waals surface area contributed by atoms with Crippen LogP contribution in [0.4, 0.5) is 13.2 Å². The third kappa shape index (κ3) is 7.05. The van der Waals surface area contributed by atoms with E-state index in [2.05, 4.69) is 12.2 Å². The molecule has 0 saturated carbocycles. The second-order valence-corrected chi connectivity index (χ2v) is 5.33. The van der Waals surface area contributed by atoms with Gasteiger partial charge in [-0.1, -0.05) is 24.6 Å². The highest BCUT2D eigenvalue weighted by Gasteiger charge is 2.26. The van der Waals surface area contributed by atoms with Gasteiger partial charge in [-0.3, -0.25) is 0 Å². The van der Waals surface area contributed by atoms with Crippen LogP contribution in [0.2, 0.25) is 5.02 Å². The minimum Gasteiger partial charge on any atom is -0.494 e. The zero-order valence-electron chi connectivity index (χ0n) is 12.3. The van der Waals surface area contributed by atoms with E-state index in [0.29, 0.717) is 10.8 Å². The van der Waals surface area contributed by atoms with E-state index in [-0.39, 0.29) is 19.1 Å². The SMILES string of the molecule is CCCNC(C)c1ccc(OCCCC(F)(F)F)cc1Cl. The number of halogens is 4. The molecule has 1 atom stereocenters. The van der Waals surface area contributed by atoms with Gasteiger partial charge in [-0.15, -0.1) is 0 Å². The van der Waals surface area contributed by atoms with Crippen molar-refractivity contribution in [3.8, 4) is 5.75 Å². The number of hydrogen-bond acceptors (Lipinski definition) is 2. The predicted molar refractivity (Wildman–Crippen MR) is 78.9 cm³/mol. The lowest BCUT2D eigenvalue weighted by Crippen LogP contribution is -2.19. The summed E-state index contributed by atoms with van der Waals surface area (Å²) in [4.78, 5) is 0. The van der Waals surface area contributed by atoms with Crippen LogP contribution < -0.4 is 10.1 Å². The van der Waals surface area contributed by atoms with Crippen LogP contribution >= 0.6 is 11.6 Å². The van der Waals surface area contributed by atoms with E-state index < -0.39 is 12.6 Å². The smallest absolute Gasteiger partial charge is 0.389 e. The van der Waals surface area contributed by atoms with Gasteiger partial charge in [0.1, 0.15) is 5.75 Å². The van der Waals surface area contributed by atoms with Gasteiger partial charge in [-0.2, -0.15) is 13.2 Å². The van der Waals surface area contributed by atoms with E-state index in [9.17, 15) is 13.2 Å². The van der Waals surface area contributed by atoms with Gasteiger partial charge in [0.15, 0.2) is 0 Å². The van der Waals surface area contributed by atoms with Crippen LogP contribution in [0.25, 0.3) is 0 Å². The summed E-state index contributed by atoms with van der Waals surface area (Å²) in [5, 5.41) is 3.88. The van der Waals surface area contributed by atoms with Gasteiger partial charge in [-0.25, -0.2) is 0 Å². The Morgan fingerprint density at radius 1 is 1.33 bits per heavy atom. The Morgan fingerprint density at radius 2 is 2.05 bits per heavy atom. The molecule has 0 aliphatic heterocycles. The minimum absolute atomic E-state index is 0.0266. The highest BCUT2D eigenvalue weighted by molar-refractivity contribution is 6.31. The van der Waals surface area contributed by atoms with Crippen molar-refractivity contribution in [1.82, 2.24) is 5.32 Å². The molecule has 1 rings (SSSR count). The fourth-order valence-electron chi connectivity index (χ4n) is 1.88. The van der Waals surface area contributed by atoms with Crippen molar-refractivity contribution in [2.75, 3.05) is 13.2 Å². The van der Waals surface area contributed by atoms with Crippen molar-refractivity contribution in [2.45, 2.75) is 45.3 Å². The Morgan fingerprint density at radius 3 is 2.62 bits per heavy atom. The van der Waals surface area contributed by atoms with Crippen LogP contribution in [-0.4, -0.2) is 19.3 Å². The number of alkyl halides is 3. The van der Waals surface area contributed by atoms with E-state index in [1.54, 1.807) is 12.1 Å². The maximum atomic E-state index is 12.0. The fraction of sp³-hybridized carbons (Fsp3) is 0.600. The average Bonchev–Trinajstić information content (AvgIpc) is 2.40. The lowest BCUT2D eigenvalue weighted by Gasteiger charge is -2.16. The average molecular weight is 324 g/mol. The molecule has 0 fully saturated rings. The van der Waals surface area contributed by atoms with E-state index in [0.717, 1.165) is 18.5 Å². The van der Waals surface area contributed by atoms with Gasteiger partial charge in [-0.05, 0) is 44.0 Å². The zero-order chi connectivity index (χ0) is 15.9. The first-order valence-corrected chi connectivity index (χ1v) is 7.43. The van der Waals surface area contributed by atoms with Crippen LogP contribution in [0.3, 0.4) is 0 Å². The highest BCUT2D eigenvalue weighted by Crippen LogP contribution is 2.28. The molecule has 0 bridgehead atoms. The largest absolute Gasteiger partial charge is 0.494 e. The number of benzene rings is 1. The van der Waals surface area contributed by atoms with Crippen molar-refractivity contribution in [1.29, 1.82) is 0 Å². The zero-order valence-corrected chi connectivity index (χ0v) is 13.0. The molecule has 0 saturated heterocycles. The third-order valence-corrected chi connectivity index (χ3v) is 3.34. The van der Waals surface area contributed by atoms with Gasteiger partial charge in [0.25, 0.3) is 0 Å². The monoisotopic (exact) mass is 323 g/mol. The van der Waals surface area contributed by atoms with E-state index in [1.807, 2.05) is 13.0 Å². The maximum absolute atomic E-state index is 12.0. The molecule has 0 aliphatic carbocycles. The van der Waals surface area contributed by atoms with E-state index in [1.165, 1.54) is 0 Å². The van der Waals surface area contributed by atoms with Crippen LogP contribution in [-0.2, 0) is 0 Å². The van der Waals surface area contributed by atoms with Gasteiger partial charge >= 0.3 is 6.18 Å². The van der Waals surface area contributed by atoms with Crippen LogP contribution in [0.15, 0.2) is 18.2 Å². The lowest BCUT2D eigenvalue weighted by atomic mass is 10.1. The van der Waals surface area contributed by atoms with Crippen molar-refractivity contribution in [2.24, 2.45) is 0 Å². The maximum Gasteiger partial charge on any atom is 0.389 e. The Labute approximate surface area is 128 Å². The quantitative estimate of drug-likeness (QED) is 0.670. The summed E-state index contributed by atoms with van der Waals surface area (Å²) >= 11 is 6.19. The molecule has 1 N–H and O–H groups in total. The number of hydrogen-bond donors (Lipinski definition) is 1. The summed E-state index contributed by atoms with van der Waals surface area (Å²) in [6, 6.07) is 5.35. The molecule has 0 radical (unpaired) electrons. The van der Waals surface area contributed by atoms with E-state index in [4.69, 9.17) is 16.3 Å². The van der Waals surface area contributed by atoms with Gasteiger partial charge in [0, 0.05) is 17.5 Å². The Bertz CT molecular complexity index is 437. The molecule has 1 unspecified atom stereocenters. The van der Waals surface area contributed by atoms with Gasteiger partial charge in [0.2, 0.25) is 0 Å². The first-order valence-electron chi connectivity index (χ1n) is 7.06. The summed E-state index contributed by atoms with van der Waals surface area (Å²) in [5.74, 6) is 0.494. The molecule has 0 heterocycles. The minimum atomic E-state index is -4.13. The molecule has 21 heavy (non-hydrogen) atoms. The summed E-state index contributed by atoms with van der Waals surface area (Å²) in [6.45, 7) is 5.02. The van der Waals surface area contributed by atoms with Crippen LogP contribution in [0.1, 0.15) is 44.7 Å². The summed E-state index contributed by atoms with van der Waals surface area (Å²) < 4.78 is 41.3. The van der Waals surface area contributed by atoms with Crippen LogP contribution in [0, 0.1) is 0 Å². The first-order chi connectivity index (χ1) is 9.83. The molecule has 1 aromatic carbocycles. The van der Waals surface area contributed by atoms with Crippen LogP contribution in [0.5, 0.6) is 5.75 Å². The van der Waals surface area contributed by atoms with Crippen molar-refractivity contribution in [3.63, 3.8) is 0 Å². The molecule has 0 amide bonds. The summed E-state index contributed by atoms with van der Waals surface area (Å²) in [6.07, 6.45) is -4.00. The van der Waals surface area contributed by atoms with Crippen molar-refractivity contribution in [3.05, 3.63) is 28.8 Å².